The zero-order valence-electron chi connectivity index (χ0n) is 14.6. The number of carbonyl (C=O) groups is 1. The first kappa shape index (κ1) is 17.5. The van der Waals surface area contributed by atoms with E-state index in [1.165, 1.54) is 5.56 Å². The minimum absolute atomic E-state index is 0.124. The number of nitrogens with zero attached hydrogens (tertiary/aromatic N) is 1. The fraction of sp³-hybridized carbons (Fsp3) is 0.143. The van der Waals surface area contributed by atoms with E-state index in [1.807, 2.05) is 54.6 Å². The lowest BCUT2D eigenvalue weighted by Crippen LogP contribution is -2.25. The molecule has 0 saturated carbocycles. The lowest BCUT2D eigenvalue weighted by atomic mass is 10.1. The van der Waals surface area contributed by atoms with E-state index in [0.717, 1.165) is 17.9 Å². The quantitative estimate of drug-likeness (QED) is 0.682. The Kier molecular flexibility index (Phi) is 5.83. The van der Waals surface area contributed by atoms with Gasteiger partial charge in [0.25, 0.3) is 5.91 Å². The van der Waals surface area contributed by atoms with Crippen LogP contribution in [0.2, 0.25) is 0 Å². The molecule has 1 aromatic heterocycles. The van der Waals surface area contributed by atoms with E-state index >= 15 is 0 Å². The Balaban J connectivity index is 1.54. The molecule has 2 aromatic carbocycles. The molecule has 132 valence electrons. The molecule has 0 atom stereocenters. The summed E-state index contributed by atoms with van der Waals surface area (Å²) in [6.07, 6.45) is 2.37. The van der Waals surface area contributed by atoms with Gasteiger partial charge >= 0.3 is 0 Å². The molecule has 0 unspecified atom stereocenters. The van der Waals surface area contributed by atoms with Gasteiger partial charge in [-0.3, -0.25) is 4.79 Å². The van der Waals surface area contributed by atoms with Crippen molar-refractivity contribution in [1.82, 2.24) is 10.3 Å². The summed E-state index contributed by atoms with van der Waals surface area (Å²) in [7, 11) is 1.63. The zero-order chi connectivity index (χ0) is 18.2. The Morgan fingerprint density at radius 3 is 2.62 bits per heavy atom. The Morgan fingerprint density at radius 2 is 1.88 bits per heavy atom. The summed E-state index contributed by atoms with van der Waals surface area (Å²) in [6, 6.07) is 21.2. The molecule has 1 heterocycles. The zero-order valence-corrected chi connectivity index (χ0v) is 14.6. The molecular formula is C21H21N3O2. The molecule has 3 aromatic rings. The van der Waals surface area contributed by atoms with Crippen molar-refractivity contribution in [1.29, 1.82) is 0 Å². The second kappa shape index (κ2) is 8.67. The van der Waals surface area contributed by atoms with Crippen molar-refractivity contribution in [2.45, 2.75) is 6.42 Å². The third-order valence-corrected chi connectivity index (χ3v) is 3.91. The third-order valence-electron chi connectivity index (χ3n) is 3.91. The van der Waals surface area contributed by atoms with Crippen molar-refractivity contribution in [2.24, 2.45) is 0 Å². The van der Waals surface area contributed by atoms with E-state index < -0.39 is 0 Å². The predicted octanol–water partition coefficient (Wildman–Crippen LogP) is 3.81. The monoisotopic (exact) mass is 347 g/mol. The van der Waals surface area contributed by atoms with Crippen LogP contribution >= 0.6 is 0 Å². The number of anilines is 2. The Hall–Kier alpha value is -3.34. The molecule has 0 aliphatic rings. The number of methoxy groups -OCH3 is 1. The molecule has 0 aliphatic carbocycles. The molecule has 5 heteroatoms. The van der Waals surface area contributed by atoms with Gasteiger partial charge in [0.15, 0.2) is 0 Å². The fourth-order valence-corrected chi connectivity index (χ4v) is 2.52. The predicted molar refractivity (Wildman–Crippen MR) is 103 cm³/mol. The Morgan fingerprint density at radius 1 is 1.04 bits per heavy atom. The lowest BCUT2D eigenvalue weighted by Gasteiger charge is -2.08. The molecule has 26 heavy (non-hydrogen) atoms. The Bertz CT molecular complexity index is 849. The number of aromatic nitrogens is 1. The molecule has 0 aliphatic heterocycles. The van der Waals surface area contributed by atoms with Crippen molar-refractivity contribution >= 4 is 17.4 Å². The lowest BCUT2D eigenvalue weighted by molar-refractivity contribution is 0.0954. The standard InChI is InChI=1S/C21H21N3O2/c1-26-19-9-5-8-18(14-19)24-20-11-10-17(15-23-20)21(25)22-13-12-16-6-3-2-4-7-16/h2-11,14-15H,12-13H2,1H3,(H,22,25)(H,23,24). The summed E-state index contributed by atoms with van der Waals surface area (Å²) in [4.78, 5) is 16.5. The molecule has 0 radical (unpaired) electrons. The fourth-order valence-electron chi connectivity index (χ4n) is 2.52. The van der Waals surface area contributed by atoms with Crippen LogP contribution in [-0.2, 0) is 6.42 Å². The summed E-state index contributed by atoms with van der Waals surface area (Å²) in [6.45, 7) is 0.590. The van der Waals surface area contributed by atoms with Crippen LogP contribution in [0.5, 0.6) is 5.75 Å². The normalized spacial score (nSPS) is 10.2. The summed E-state index contributed by atoms with van der Waals surface area (Å²) < 4.78 is 5.20. The smallest absolute Gasteiger partial charge is 0.252 e. The number of amides is 1. The number of ether oxygens (including phenoxy) is 1. The number of nitrogens with one attached hydrogen (secondary N) is 2. The second-order valence-electron chi connectivity index (χ2n) is 5.78. The first-order valence-electron chi connectivity index (χ1n) is 8.44. The van der Waals surface area contributed by atoms with E-state index in [1.54, 1.807) is 25.4 Å². The van der Waals surface area contributed by atoms with Gasteiger partial charge in [-0.25, -0.2) is 4.98 Å². The van der Waals surface area contributed by atoms with E-state index in [0.29, 0.717) is 17.9 Å². The van der Waals surface area contributed by atoms with E-state index in [9.17, 15) is 4.79 Å². The van der Waals surface area contributed by atoms with Crippen LogP contribution in [0.15, 0.2) is 72.9 Å². The molecule has 1 amide bonds. The van der Waals surface area contributed by atoms with Gasteiger partial charge < -0.3 is 15.4 Å². The average molecular weight is 347 g/mol. The maximum Gasteiger partial charge on any atom is 0.252 e. The minimum Gasteiger partial charge on any atom is -0.497 e. The molecule has 0 fully saturated rings. The van der Waals surface area contributed by atoms with Gasteiger partial charge in [-0.05, 0) is 36.2 Å². The van der Waals surface area contributed by atoms with Crippen LogP contribution in [0.4, 0.5) is 11.5 Å². The van der Waals surface area contributed by atoms with Crippen LogP contribution in [0.1, 0.15) is 15.9 Å². The van der Waals surface area contributed by atoms with Crippen LogP contribution in [-0.4, -0.2) is 24.5 Å². The SMILES string of the molecule is COc1cccc(Nc2ccc(C(=O)NCCc3ccccc3)cn2)c1. The molecule has 5 nitrogen and oxygen atoms in total. The molecule has 3 rings (SSSR count). The molecule has 0 spiro atoms. The van der Waals surface area contributed by atoms with Crippen molar-refractivity contribution in [2.75, 3.05) is 19.0 Å². The summed E-state index contributed by atoms with van der Waals surface area (Å²) in [5.41, 5.74) is 2.61. The highest BCUT2D eigenvalue weighted by Gasteiger charge is 2.06. The summed E-state index contributed by atoms with van der Waals surface area (Å²) in [5.74, 6) is 1.31. The molecule has 0 saturated heterocycles. The van der Waals surface area contributed by atoms with E-state index in [2.05, 4.69) is 15.6 Å². The number of hydrogen-bond acceptors (Lipinski definition) is 4. The number of hydrogen-bond donors (Lipinski definition) is 2. The van der Waals surface area contributed by atoms with Crippen molar-refractivity contribution in [3.8, 4) is 5.75 Å². The van der Waals surface area contributed by atoms with E-state index in [-0.39, 0.29) is 5.91 Å². The van der Waals surface area contributed by atoms with Gasteiger partial charge in [-0.15, -0.1) is 0 Å². The highest BCUT2D eigenvalue weighted by molar-refractivity contribution is 5.94. The van der Waals surface area contributed by atoms with Crippen molar-refractivity contribution in [3.05, 3.63) is 84.1 Å². The van der Waals surface area contributed by atoms with Gasteiger partial charge in [0.2, 0.25) is 0 Å². The van der Waals surface area contributed by atoms with Crippen LogP contribution in [0, 0.1) is 0 Å². The van der Waals surface area contributed by atoms with E-state index in [4.69, 9.17) is 4.74 Å². The van der Waals surface area contributed by atoms with Crippen molar-refractivity contribution < 1.29 is 9.53 Å². The third kappa shape index (κ3) is 4.83. The minimum atomic E-state index is -0.124. The Labute approximate surface area is 153 Å². The van der Waals surface area contributed by atoms with Crippen molar-refractivity contribution in [3.63, 3.8) is 0 Å². The second-order valence-corrected chi connectivity index (χ2v) is 5.78. The molecular weight excluding hydrogens is 326 g/mol. The first-order chi connectivity index (χ1) is 12.7. The summed E-state index contributed by atoms with van der Waals surface area (Å²) >= 11 is 0. The summed E-state index contributed by atoms with van der Waals surface area (Å²) in [5, 5.41) is 6.10. The molecule has 0 bridgehead atoms. The highest BCUT2D eigenvalue weighted by atomic mass is 16.5. The van der Waals surface area contributed by atoms with Gasteiger partial charge in [0.1, 0.15) is 11.6 Å². The average Bonchev–Trinajstić information content (AvgIpc) is 2.69. The number of benzene rings is 2. The maximum absolute atomic E-state index is 12.2. The van der Waals surface area contributed by atoms with Gasteiger partial charge in [-0.2, -0.15) is 0 Å². The number of rotatable bonds is 7. The topological polar surface area (TPSA) is 63.2 Å². The first-order valence-corrected chi connectivity index (χ1v) is 8.44. The molecule has 2 N–H and O–H groups in total. The van der Waals surface area contributed by atoms with Gasteiger partial charge in [0.05, 0.1) is 12.7 Å². The highest BCUT2D eigenvalue weighted by Crippen LogP contribution is 2.20. The maximum atomic E-state index is 12.2. The van der Waals surface area contributed by atoms with Crippen LogP contribution < -0.4 is 15.4 Å². The number of pyridine rings is 1. The number of carbonyl (C=O) groups excluding carboxylic acids is 1. The van der Waals surface area contributed by atoms with Gasteiger partial charge in [0, 0.05) is 24.5 Å². The van der Waals surface area contributed by atoms with Crippen LogP contribution in [0.25, 0.3) is 0 Å². The largest absolute Gasteiger partial charge is 0.497 e. The van der Waals surface area contributed by atoms with Crippen LogP contribution in [0.3, 0.4) is 0 Å². The van der Waals surface area contributed by atoms with Gasteiger partial charge in [-0.1, -0.05) is 36.4 Å².